The second kappa shape index (κ2) is 5.24. The zero-order valence-electron chi connectivity index (χ0n) is 11.7. The molecule has 2 aromatic heterocycles. The molecule has 0 saturated heterocycles. The quantitative estimate of drug-likeness (QED) is 0.792. The summed E-state index contributed by atoms with van der Waals surface area (Å²) in [5.74, 6) is 0.584. The van der Waals surface area contributed by atoms with Crippen molar-refractivity contribution in [2.24, 2.45) is 0 Å². The van der Waals surface area contributed by atoms with E-state index < -0.39 is 0 Å². The van der Waals surface area contributed by atoms with Crippen molar-refractivity contribution in [3.8, 4) is 5.88 Å². The lowest BCUT2D eigenvalue weighted by atomic mass is 10.1. The highest BCUT2D eigenvalue weighted by Gasteiger charge is 2.13. The number of hydrogen-bond donors (Lipinski definition) is 1. The third-order valence-electron chi connectivity index (χ3n) is 3.19. The second-order valence-corrected chi connectivity index (χ2v) is 4.60. The molecule has 2 heterocycles. The maximum absolute atomic E-state index is 5.70. The lowest BCUT2D eigenvalue weighted by Gasteiger charge is -2.07. The van der Waals surface area contributed by atoms with Crippen molar-refractivity contribution >= 4 is 22.6 Å². The van der Waals surface area contributed by atoms with Crippen molar-refractivity contribution in [3.05, 3.63) is 48.7 Å². The average Bonchev–Trinajstić information content (AvgIpc) is 2.90. The normalized spacial score (nSPS) is 10.7. The molecule has 21 heavy (non-hydrogen) atoms. The maximum Gasteiger partial charge on any atom is 0.229 e. The van der Waals surface area contributed by atoms with Gasteiger partial charge in [0.1, 0.15) is 5.39 Å². The van der Waals surface area contributed by atoms with E-state index in [2.05, 4.69) is 21.6 Å². The smallest absolute Gasteiger partial charge is 0.229 e. The largest absolute Gasteiger partial charge is 0.480 e. The molecule has 0 spiro atoms. The van der Waals surface area contributed by atoms with Crippen LogP contribution in [0.15, 0.2) is 43.1 Å². The van der Waals surface area contributed by atoms with E-state index in [9.17, 15) is 0 Å². The Hall–Kier alpha value is -2.89. The Labute approximate surface area is 121 Å². The van der Waals surface area contributed by atoms with Gasteiger partial charge in [0.25, 0.3) is 0 Å². The third kappa shape index (κ3) is 2.43. The molecule has 0 fully saturated rings. The lowest BCUT2D eigenvalue weighted by Crippen LogP contribution is -2.05. The first-order chi connectivity index (χ1) is 10.2. The number of anilines is 1. The highest BCUT2D eigenvalue weighted by Crippen LogP contribution is 2.24. The van der Waals surface area contributed by atoms with Gasteiger partial charge in [-0.1, -0.05) is 36.9 Å². The number of nitrogens with zero attached hydrogens (tertiary/aromatic N) is 4. The number of rotatable bonds is 4. The summed E-state index contributed by atoms with van der Waals surface area (Å²) >= 11 is 0. The van der Waals surface area contributed by atoms with Gasteiger partial charge in [-0.05, 0) is 11.1 Å². The topological polar surface area (TPSA) is 78.8 Å². The van der Waals surface area contributed by atoms with Crippen LogP contribution in [0.3, 0.4) is 0 Å². The Kier molecular flexibility index (Phi) is 3.27. The van der Waals surface area contributed by atoms with E-state index in [1.54, 1.807) is 18.0 Å². The minimum atomic E-state index is 0.159. The molecule has 0 saturated carbocycles. The summed E-state index contributed by atoms with van der Waals surface area (Å²) in [6.07, 6.45) is 1.67. The Morgan fingerprint density at radius 3 is 2.76 bits per heavy atom. The lowest BCUT2D eigenvalue weighted by molar-refractivity contribution is 0.403. The molecule has 3 aromatic rings. The monoisotopic (exact) mass is 281 g/mol. The number of nitrogens with two attached hydrogens (primary N) is 1. The van der Waals surface area contributed by atoms with Crippen LogP contribution in [0.1, 0.15) is 5.56 Å². The minimum Gasteiger partial charge on any atom is -0.480 e. The van der Waals surface area contributed by atoms with Gasteiger partial charge in [-0.15, -0.1) is 0 Å². The summed E-state index contributed by atoms with van der Waals surface area (Å²) < 4.78 is 6.95. The molecular weight excluding hydrogens is 266 g/mol. The molecule has 1 aromatic carbocycles. The van der Waals surface area contributed by atoms with Crippen LogP contribution in [0.5, 0.6) is 5.88 Å². The van der Waals surface area contributed by atoms with E-state index in [0.717, 1.165) is 16.5 Å². The number of allylic oxidation sites excluding steroid dienone is 1. The molecule has 0 aliphatic rings. The van der Waals surface area contributed by atoms with Gasteiger partial charge in [0, 0.05) is 0 Å². The van der Waals surface area contributed by atoms with Crippen LogP contribution < -0.4 is 10.5 Å². The van der Waals surface area contributed by atoms with Crippen LogP contribution in [0.2, 0.25) is 0 Å². The van der Waals surface area contributed by atoms with Gasteiger partial charge < -0.3 is 10.5 Å². The molecule has 0 aliphatic heterocycles. The second-order valence-electron chi connectivity index (χ2n) is 4.60. The van der Waals surface area contributed by atoms with Crippen molar-refractivity contribution in [2.45, 2.75) is 6.54 Å². The van der Waals surface area contributed by atoms with E-state index in [4.69, 9.17) is 10.5 Å². The van der Waals surface area contributed by atoms with Gasteiger partial charge in [0.05, 0.1) is 19.9 Å². The highest BCUT2D eigenvalue weighted by molar-refractivity contribution is 5.81. The van der Waals surface area contributed by atoms with E-state index in [1.165, 1.54) is 0 Å². The van der Waals surface area contributed by atoms with Gasteiger partial charge >= 0.3 is 0 Å². The molecule has 0 amide bonds. The number of ether oxygens (including phenoxy) is 1. The molecule has 0 atom stereocenters. The first kappa shape index (κ1) is 13.1. The van der Waals surface area contributed by atoms with Gasteiger partial charge in [0.2, 0.25) is 11.8 Å². The number of aromatic nitrogens is 4. The summed E-state index contributed by atoms with van der Waals surface area (Å²) in [6.45, 7) is 4.63. The maximum atomic E-state index is 5.70. The van der Waals surface area contributed by atoms with Gasteiger partial charge in [0.15, 0.2) is 5.65 Å². The molecule has 0 aliphatic carbocycles. The minimum absolute atomic E-state index is 0.159. The fourth-order valence-electron chi connectivity index (χ4n) is 2.16. The summed E-state index contributed by atoms with van der Waals surface area (Å²) in [7, 11) is 1.54. The van der Waals surface area contributed by atoms with Gasteiger partial charge in [-0.25, -0.2) is 4.68 Å². The number of hydrogen-bond acceptors (Lipinski definition) is 5. The Morgan fingerprint density at radius 2 is 2.05 bits per heavy atom. The molecule has 6 nitrogen and oxygen atoms in total. The van der Waals surface area contributed by atoms with Crippen molar-refractivity contribution < 1.29 is 4.74 Å². The van der Waals surface area contributed by atoms with Gasteiger partial charge in [-0.3, -0.25) is 0 Å². The number of fused-ring (bicyclic) bond motifs is 1. The molecule has 6 heteroatoms. The van der Waals surface area contributed by atoms with E-state index in [0.29, 0.717) is 18.1 Å². The molecule has 106 valence electrons. The Bertz CT molecular complexity index is 794. The first-order valence-corrected chi connectivity index (χ1v) is 6.45. The van der Waals surface area contributed by atoms with Crippen molar-refractivity contribution in [1.29, 1.82) is 0 Å². The fourth-order valence-corrected chi connectivity index (χ4v) is 2.16. The molecular formula is C15H15N5O. The van der Waals surface area contributed by atoms with Crippen molar-refractivity contribution in [3.63, 3.8) is 0 Å². The summed E-state index contributed by atoms with van der Waals surface area (Å²) in [6, 6.07) is 9.95. The highest BCUT2D eigenvalue weighted by atomic mass is 16.5. The first-order valence-electron chi connectivity index (χ1n) is 6.45. The fraction of sp³-hybridized carbons (Fsp3) is 0.133. The summed E-state index contributed by atoms with van der Waals surface area (Å²) in [5.41, 5.74) is 8.35. The molecule has 0 bridgehead atoms. The number of benzene rings is 1. The summed E-state index contributed by atoms with van der Waals surface area (Å²) in [4.78, 5) is 8.28. The molecule has 0 unspecified atom stereocenters. The van der Waals surface area contributed by atoms with Crippen LogP contribution in [0, 0.1) is 0 Å². The van der Waals surface area contributed by atoms with E-state index in [-0.39, 0.29) is 5.95 Å². The Morgan fingerprint density at radius 1 is 1.29 bits per heavy atom. The average molecular weight is 281 g/mol. The predicted octanol–water partition coefficient (Wildman–Crippen LogP) is 2.13. The zero-order chi connectivity index (χ0) is 14.8. The van der Waals surface area contributed by atoms with E-state index in [1.807, 2.05) is 30.3 Å². The zero-order valence-corrected chi connectivity index (χ0v) is 11.7. The molecule has 2 N–H and O–H groups in total. The van der Waals surface area contributed by atoms with Crippen LogP contribution in [-0.4, -0.2) is 26.9 Å². The summed E-state index contributed by atoms with van der Waals surface area (Å²) in [5, 5.41) is 5.06. The van der Waals surface area contributed by atoms with Crippen LogP contribution in [0.25, 0.3) is 16.6 Å². The van der Waals surface area contributed by atoms with Crippen molar-refractivity contribution in [2.75, 3.05) is 12.8 Å². The molecule has 0 radical (unpaired) electrons. The van der Waals surface area contributed by atoms with Gasteiger partial charge in [-0.2, -0.15) is 15.1 Å². The standard InChI is InChI=1S/C15H15N5O/c1-10(11-6-4-3-5-7-11)9-20-13-12(8-17-20)14(21-2)19-15(16)18-13/h3-8H,1,9H2,2H3,(H2,16,18,19). The third-order valence-corrected chi connectivity index (χ3v) is 3.19. The van der Waals surface area contributed by atoms with Crippen molar-refractivity contribution in [1.82, 2.24) is 19.7 Å². The Balaban J connectivity index is 1.98. The van der Waals surface area contributed by atoms with Crippen LogP contribution >= 0.6 is 0 Å². The van der Waals surface area contributed by atoms with E-state index >= 15 is 0 Å². The van der Waals surface area contributed by atoms with Crippen LogP contribution in [0.4, 0.5) is 5.95 Å². The number of methoxy groups -OCH3 is 1. The SMILES string of the molecule is C=C(Cn1ncc2c(OC)nc(N)nc21)c1ccccc1. The van der Waals surface area contributed by atoms with Crippen LogP contribution in [-0.2, 0) is 6.54 Å². The number of nitrogen functional groups attached to an aromatic ring is 1. The molecule has 3 rings (SSSR count). The predicted molar refractivity (Wildman–Crippen MR) is 81.8 cm³/mol.